The number of amides is 1. The number of nitrogens with zero attached hydrogens (tertiary/aromatic N) is 1. The van der Waals surface area contributed by atoms with Gasteiger partial charge in [0, 0.05) is 27.7 Å². The zero-order valence-corrected chi connectivity index (χ0v) is 23.9. The van der Waals surface area contributed by atoms with Crippen molar-refractivity contribution in [1.82, 2.24) is 4.98 Å². The third-order valence-corrected chi connectivity index (χ3v) is 6.66. The first kappa shape index (κ1) is 28.5. The first-order valence-electron chi connectivity index (χ1n) is 13.4. The van der Waals surface area contributed by atoms with Crippen molar-refractivity contribution in [2.75, 3.05) is 31.8 Å². The Hall–Kier alpha value is -4.46. The van der Waals surface area contributed by atoms with E-state index in [-0.39, 0.29) is 18.0 Å². The van der Waals surface area contributed by atoms with Crippen molar-refractivity contribution >= 4 is 22.5 Å². The fourth-order valence-electron chi connectivity index (χ4n) is 4.49. The van der Waals surface area contributed by atoms with Crippen molar-refractivity contribution in [2.45, 2.75) is 41.2 Å². The molecule has 4 rings (SSSR count). The Kier molecular flexibility index (Phi) is 8.99. The van der Waals surface area contributed by atoms with Gasteiger partial charge in [-0.1, -0.05) is 6.07 Å². The highest BCUT2D eigenvalue weighted by atomic mass is 16.5. The van der Waals surface area contributed by atoms with Crippen molar-refractivity contribution in [2.24, 2.45) is 0 Å². The van der Waals surface area contributed by atoms with Gasteiger partial charge in [0.15, 0.2) is 11.5 Å². The number of benzene rings is 3. The number of H-pyrrole nitrogens is 1. The molecule has 0 aliphatic heterocycles. The number of nitrogens with one attached hydrogen (secondary N) is 1. The molecule has 40 heavy (non-hydrogen) atoms. The minimum atomic E-state index is -0.307. The Balaban J connectivity index is 1.85. The molecule has 0 bridgehead atoms. The number of pyridine rings is 1. The number of aromatic nitrogens is 1. The molecule has 1 amide bonds. The number of anilines is 1. The van der Waals surface area contributed by atoms with Crippen molar-refractivity contribution in [3.05, 3.63) is 87.2 Å². The van der Waals surface area contributed by atoms with Crippen LogP contribution in [0.3, 0.4) is 0 Å². The Labute approximate surface area is 234 Å². The van der Waals surface area contributed by atoms with Gasteiger partial charge < -0.3 is 28.8 Å². The van der Waals surface area contributed by atoms with Crippen LogP contribution in [-0.4, -0.2) is 37.8 Å². The molecule has 0 unspecified atom stereocenters. The first-order chi connectivity index (χ1) is 19.3. The fraction of sp³-hybridized carbons (Fsp3) is 0.312. The van der Waals surface area contributed by atoms with Crippen LogP contribution >= 0.6 is 0 Å². The molecule has 0 saturated heterocycles. The van der Waals surface area contributed by atoms with Gasteiger partial charge in [0.25, 0.3) is 11.5 Å². The van der Waals surface area contributed by atoms with E-state index < -0.39 is 0 Å². The van der Waals surface area contributed by atoms with Gasteiger partial charge in [-0.25, -0.2) is 0 Å². The molecule has 3 aromatic carbocycles. The monoisotopic (exact) mass is 544 g/mol. The molecule has 0 aliphatic carbocycles. The lowest BCUT2D eigenvalue weighted by atomic mass is 10.1. The maximum absolute atomic E-state index is 14.2. The van der Waals surface area contributed by atoms with Crippen LogP contribution in [0.2, 0.25) is 0 Å². The molecule has 0 aliphatic rings. The molecule has 0 atom stereocenters. The predicted molar refractivity (Wildman–Crippen MR) is 157 cm³/mol. The summed E-state index contributed by atoms with van der Waals surface area (Å²) in [7, 11) is 1.59. The highest BCUT2D eigenvalue weighted by Gasteiger charge is 2.24. The number of hydrogen-bond donors (Lipinski definition) is 1. The summed E-state index contributed by atoms with van der Waals surface area (Å²) in [4.78, 5) is 31.9. The van der Waals surface area contributed by atoms with E-state index in [2.05, 4.69) is 4.98 Å². The second-order valence-corrected chi connectivity index (χ2v) is 9.34. The van der Waals surface area contributed by atoms with E-state index in [4.69, 9.17) is 18.9 Å². The van der Waals surface area contributed by atoms with Crippen LogP contribution in [-0.2, 0) is 6.54 Å². The van der Waals surface area contributed by atoms with E-state index >= 15 is 0 Å². The second-order valence-electron chi connectivity index (χ2n) is 9.34. The van der Waals surface area contributed by atoms with Gasteiger partial charge in [-0.05, 0) is 94.3 Å². The lowest BCUT2D eigenvalue weighted by molar-refractivity contribution is 0.0984. The predicted octanol–water partition coefficient (Wildman–Crippen LogP) is 6.20. The van der Waals surface area contributed by atoms with Crippen molar-refractivity contribution in [1.29, 1.82) is 0 Å². The van der Waals surface area contributed by atoms with Crippen molar-refractivity contribution in [3.8, 4) is 23.0 Å². The van der Waals surface area contributed by atoms with E-state index in [9.17, 15) is 9.59 Å². The molecule has 0 fully saturated rings. The summed E-state index contributed by atoms with van der Waals surface area (Å²) in [5, 5.41) is 0.805. The summed E-state index contributed by atoms with van der Waals surface area (Å²) in [6, 6.07) is 16.4. The SMILES string of the molecule is CCOc1cc(C(=O)N(Cc2cc3cc(OC)ccc3[nH]c2=O)c2ccc(C)c(C)c2)cc(OCC)c1OCC. The average Bonchev–Trinajstić information content (AvgIpc) is 2.94. The van der Waals surface area contributed by atoms with Crippen molar-refractivity contribution in [3.63, 3.8) is 0 Å². The largest absolute Gasteiger partial charge is 0.497 e. The number of carbonyl (C=O) groups is 1. The van der Waals surface area contributed by atoms with E-state index in [0.717, 1.165) is 16.5 Å². The first-order valence-corrected chi connectivity index (χ1v) is 13.4. The lowest BCUT2D eigenvalue weighted by Gasteiger charge is -2.25. The highest BCUT2D eigenvalue weighted by molar-refractivity contribution is 6.07. The zero-order chi connectivity index (χ0) is 28.8. The fourth-order valence-corrected chi connectivity index (χ4v) is 4.49. The number of aromatic amines is 1. The number of fused-ring (bicyclic) bond motifs is 1. The van der Waals surface area contributed by atoms with Gasteiger partial charge in [0.2, 0.25) is 5.75 Å². The van der Waals surface area contributed by atoms with E-state index in [1.807, 2.05) is 58.9 Å². The molecule has 8 nitrogen and oxygen atoms in total. The van der Waals surface area contributed by atoms with Gasteiger partial charge >= 0.3 is 0 Å². The molecule has 4 aromatic rings. The smallest absolute Gasteiger partial charge is 0.258 e. The van der Waals surface area contributed by atoms with Crippen LogP contribution in [0.15, 0.2) is 59.4 Å². The van der Waals surface area contributed by atoms with E-state index in [1.54, 1.807) is 42.3 Å². The third kappa shape index (κ3) is 6.06. The van der Waals surface area contributed by atoms with Crippen LogP contribution in [0.1, 0.15) is 47.8 Å². The van der Waals surface area contributed by atoms with Gasteiger partial charge in [0.1, 0.15) is 5.75 Å². The normalized spacial score (nSPS) is 10.8. The molecule has 0 radical (unpaired) electrons. The number of rotatable bonds is 11. The Morgan fingerprint density at radius 2 is 1.50 bits per heavy atom. The van der Waals surface area contributed by atoms with E-state index in [0.29, 0.717) is 65.1 Å². The maximum Gasteiger partial charge on any atom is 0.258 e. The summed E-state index contributed by atoms with van der Waals surface area (Å²) in [5.74, 6) is 1.68. The summed E-state index contributed by atoms with van der Waals surface area (Å²) in [6.45, 7) is 10.9. The quantitative estimate of drug-likeness (QED) is 0.242. The highest BCUT2D eigenvalue weighted by Crippen LogP contribution is 2.40. The van der Waals surface area contributed by atoms with Crippen LogP contribution in [0.4, 0.5) is 5.69 Å². The third-order valence-electron chi connectivity index (χ3n) is 6.66. The molecule has 1 heterocycles. The summed E-state index contributed by atoms with van der Waals surface area (Å²) < 4.78 is 22.9. The summed E-state index contributed by atoms with van der Waals surface area (Å²) in [6.07, 6.45) is 0. The summed E-state index contributed by atoms with van der Waals surface area (Å²) in [5.41, 5.74) is 4.02. The van der Waals surface area contributed by atoms with Crippen LogP contribution < -0.4 is 29.4 Å². The number of carbonyl (C=O) groups excluding carboxylic acids is 1. The number of aryl methyl sites for hydroxylation is 2. The molecule has 0 spiro atoms. The van der Waals surface area contributed by atoms with Gasteiger partial charge in [0.05, 0.1) is 33.5 Å². The molecule has 1 aromatic heterocycles. The van der Waals surface area contributed by atoms with Crippen LogP contribution in [0.25, 0.3) is 10.9 Å². The van der Waals surface area contributed by atoms with Crippen LogP contribution in [0.5, 0.6) is 23.0 Å². The zero-order valence-electron chi connectivity index (χ0n) is 23.9. The molecule has 210 valence electrons. The number of ether oxygens (including phenoxy) is 4. The lowest BCUT2D eigenvalue weighted by Crippen LogP contribution is -2.33. The average molecular weight is 545 g/mol. The van der Waals surface area contributed by atoms with E-state index in [1.165, 1.54) is 0 Å². The summed E-state index contributed by atoms with van der Waals surface area (Å²) >= 11 is 0. The molecular weight excluding hydrogens is 508 g/mol. The Bertz CT molecular complexity index is 1550. The van der Waals surface area contributed by atoms with Gasteiger partial charge in [-0.3, -0.25) is 9.59 Å². The minimum Gasteiger partial charge on any atom is -0.497 e. The number of hydrogen-bond acceptors (Lipinski definition) is 6. The molecule has 0 saturated carbocycles. The van der Waals surface area contributed by atoms with Gasteiger partial charge in [-0.2, -0.15) is 0 Å². The molecule has 1 N–H and O–H groups in total. The minimum absolute atomic E-state index is 0.0466. The van der Waals surface area contributed by atoms with Gasteiger partial charge in [-0.15, -0.1) is 0 Å². The topological polar surface area (TPSA) is 90.1 Å². The van der Waals surface area contributed by atoms with Crippen molar-refractivity contribution < 1.29 is 23.7 Å². The maximum atomic E-state index is 14.2. The van der Waals surface area contributed by atoms with Crippen LogP contribution in [0, 0.1) is 13.8 Å². The Morgan fingerprint density at radius 3 is 2.10 bits per heavy atom. The second kappa shape index (κ2) is 12.6. The molecule has 8 heteroatoms. The molecular formula is C32H36N2O6. The Morgan fingerprint density at radius 1 is 0.825 bits per heavy atom. The number of methoxy groups -OCH3 is 1. The standard InChI is InChI=1S/C32H36N2O6/c1-7-38-28-17-23(18-29(39-8-2)30(28)40-9-3)32(36)34(25-11-10-20(4)21(5)14-25)19-24-15-22-16-26(37-6)12-13-27(22)33-31(24)35/h10-18H,7-9,19H2,1-6H3,(H,33,35).